The van der Waals surface area contributed by atoms with E-state index in [0.29, 0.717) is 33.3 Å². The van der Waals surface area contributed by atoms with E-state index in [4.69, 9.17) is 4.74 Å². The van der Waals surface area contributed by atoms with Gasteiger partial charge in [0.15, 0.2) is 15.6 Å². The average Bonchev–Trinajstić information content (AvgIpc) is 3.19. The minimum Gasteiger partial charge on any atom is -0.497 e. The van der Waals surface area contributed by atoms with Crippen LogP contribution in [0.3, 0.4) is 0 Å². The van der Waals surface area contributed by atoms with Gasteiger partial charge in [-0.3, -0.25) is 4.79 Å². The summed E-state index contributed by atoms with van der Waals surface area (Å²) in [5.41, 5.74) is 2.60. The van der Waals surface area contributed by atoms with Crippen LogP contribution in [-0.2, 0) is 9.84 Å². The van der Waals surface area contributed by atoms with Gasteiger partial charge in [0, 0.05) is 40.7 Å². The van der Waals surface area contributed by atoms with E-state index in [2.05, 4.69) is 10.3 Å². The van der Waals surface area contributed by atoms with Gasteiger partial charge in [-0.2, -0.15) is 0 Å². The molecule has 1 atom stereocenters. The van der Waals surface area contributed by atoms with Crippen molar-refractivity contribution in [1.29, 1.82) is 0 Å². The first kappa shape index (κ1) is 24.4. The number of rotatable bonds is 7. The minimum atomic E-state index is -3.57. The number of aryl methyl sites for hydroxylation is 2. The second-order valence-corrected chi connectivity index (χ2v) is 10.5. The van der Waals surface area contributed by atoms with Gasteiger partial charge < -0.3 is 15.0 Å². The second kappa shape index (κ2) is 9.14. The van der Waals surface area contributed by atoms with Crippen molar-refractivity contribution in [3.63, 3.8) is 0 Å². The molecule has 0 aliphatic rings. The van der Waals surface area contributed by atoms with Crippen molar-refractivity contribution >= 4 is 32.2 Å². The van der Waals surface area contributed by atoms with Crippen molar-refractivity contribution in [2.75, 3.05) is 18.7 Å². The zero-order valence-electron chi connectivity index (χ0n) is 19.6. The van der Waals surface area contributed by atoms with Crippen LogP contribution in [0.5, 0.6) is 5.75 Å². The van der Waals surface area contributed by atoms with Gasteiger partial charge >= 0.3 is 0 Å². The van der Waals surface area contributed by atoms with Gasteiger partial charge in [0.05, 0.1) is 12.0 Å². The Kier molecular flexibility index (Phi) is 6.38. The van der Waals surface area contributed by atoms with Crippen molar-refractivity contribution in [2.24, 2.45) is 0 Å². The molecule has 182 valence electrons. The fourth-order valence-corrected chi connectivity index (χ4v) is 4.68. The molecule has 1 unspecified atom stereocenters. The molecule has 0 amide bonds. The van der Waals surface area contributed by atoms with Crippen LogP contribution in [0, 0.1) is 25.5 Å². The molecule has 0 radical (unpaired) electrons. The SMILES string of the molecule is COc1cc(NC(C(=O)c2c[nH]c3cc(C)c(F)cc23)c2ccc(F)cc2C)cc(S(C)(=O)=O)c1. The molecule has 4 rings (SSSR count). The Labute approximate surface area is 201 Å². The normalized spacial score (nSPS) is 12.5. The molecule has 35 heavy (non-hydrogen) atoms. The predicted molar refractivity (Wildman–Crippen MR) is 131 cm³/mol. The number of ether oxygens (including phenoxy) is 1. The summed E-state index contributed by atoms with van der Waals surface area (Å²) >= 11 is 0. The van der Waals surface area contributed by atoms with E-state index in [9.17, 15) is 22.0 Å². The Morgan fingerprint density at radius 2 is 1.77 bits per heavy atom. The number of carbonyl (C=O) groups is 1. The van der Waals surface area contributed by atoms with E-state index in [-0.39, 0.29) is 16.2 Å². The quantitative estimate of drug-likeness (QED) is 0.328. The number of aromatic amines is 1. The number of Topliss-reactive ketones (excluding diaryl/α,β-unsaturated/α-hetero) is 1. The van der Waals surface area contributed by atoms with Crippen LogP contribution >= 0.6 is 0 Å². The number of benzene rings is 3. The third-order valence-corrected chi connectivity index (χ3v) is 6.98. The lowest BCUT2D eigenvalue weighted by atomic mass is 9.93. The fraction of sp³-hybridized carbons (Fsp3) is 0.192. The van der Waals surface area contributed by atoms with Gasteiger partial charge in [0.1, 0.15) is 23.4 Å². The molecule has 0 bridgehead atoms. The number of anilines is 1. The lowest BCUT2D eigenvalue weighted by Gasteiger charge is -2.22. The molecule has 4 aromatic rings. The number of carbonyl (C=O) groups excluding carboxylic acids is 1. The Morgan fingerprint density at radius 3 is 2.43 bits per heavy atom. The number of H-pyrrole nitrogens is 1. The molecule has 6 nitrogen and oxygen atoms in total. The predicted octanol–water partition coefficient (Wildman–Crippen LogP) is 5.51. The molecule has 9 heteroatoms. The summed E-state index contributed by atoms with van der Waals surface area (Å²) in [5.74, 6) is -1.03. The molecule has 0 saturated heterocycles. The number of methoxy groups -OCH3 is 1. The highest BCUT2D eigenvalue weighted by molar-refractivity contribution is 7.90. The summed E-state index contributed by atoms with van der Waals surface area (Å²) in [7, 11) is -2.17. The minimum absolute atomic E-state index is 0.00557. The van der Waals surface area contributed by atoms with E-state index in [1.165, 1.54) is 49.7 Å². The van der Waals surface area contributed by atoms with E-state index in [0.717, 1.165) is 6.26 Å². The van der Waals surface area contributed by atoms with Crippen LogP contribution in [-0.4, -0.2) is 32.6 Å². The van der Waals surface area contributed by atoms with Crippen LogP contribution in [0.4, 0.5) is 14.5 Å². The first-order chi connectivity index (χ1) is 16.5. The summed E-state index contributed by atoms with van der Waals surface area (Å²) < 4.78 is 57.8. The van der Waals surface area contributed by atoms with Crippen LogP contribution in [0.25, 0.3) is 10.9 Å². The summed E-state index contributed by atoms with van der Waals surface area (Å²) in [4.78, 5) is 16.9. The second-order valence-electron chi connectivity index (χ2n) is 8.46. The average molecular weight is 499 g/mol. The number of hydrogen-bond donors (Lipinski definition) is 2. The molecule has 0 fully saturated rings. The molecule has 0 spiro atoms. The number of halogens is 2. The summed E-state index contributed by atoms with van der Waals surface area (Å²) in [6.07, 6.45) is 2.58. The number of nitrogens with one attached hydrogen (secondary N) is 2. The van der Waals surface area contributed by atoms with Gasteiger partial charge in [0.25, 0.3) is 0 Å². The summed E-state index contributed by atoms with van der Waals surface area (Å²) in [6.45, 7) is 3.30. The van der Waals surface area contributed by atoms with Gasteiger partial charge in [-0.25, -0.2) is 17.2 Å². The first-order valence-electron chi connectivity index (χ1n) is 10.7. The molecule has 0 aliphatic carbocycles. The maximum absolute atomic E-state index is 14.3. The fourth-order valence-electron chi connectivity index (χ4n) is 4.01. The standard InChI is InChI=1S/C26H24F2N2O4S/c1-14-7-16(27)5-6-20(14)25(30-17-9-18(34-3)11-19(10-17)35(4,32)33)26(31)22-13-29-24-8-15(2)23(28)12-21(22)24/h5-13,25,29-30H,1-4H3. The highest BCUT2D eigenvalue weighted by Crippen LogP contribution is 2.32. The number of aromatic nitrogens is 1. The summed E-state index contributed by atoms with van der Waals surface area (Å²) in [5, 5.41) is 3.51. The molecule has 1 aromatic heterocycles. The van der Waals surface area contributed by atoms with Crippen LogP contribution < -0.4 is 10.1 Å². The zero-order valence-corrected chi connectivity index (χ0v) is 20.4. The number of ketones is 1. The van der Waals surface area contributed by atoms with Gasteiger partial charge in [-0.05, 0) is 66.9 Å². The molecule has 0 saturated carbocycles. The van der Waals surface area contributed by atoms with Gasteiger partial charge in [0.2, 0.25) is 0 Å². The highest BCUT2D eigenvalue weighted by atomic mass is 32.2. The zero-order chi connectivity index (χ0) is 25.5. The number of hydrogen-bond acceptors (Lipinski definition) is 5. The number of fused-ring (bicyclic) bond motifs is 1. The van der Waals surface area contributed by atoms with E-state index >= 15 is 0 Å². The monoisotopic (exact) mass is 498 g/mol. The maximum atomic E-state index is 14.3. The maximum Gasteiger partial charge on any atom is 0.191 e. The van der Waals surface area contributed by atoms with E-state index < -0.39 is 33.3 Å². The van der Waals surface area contributed by atoms with Gasteiger partial charge in [-0.15, -0.1) is 0 Å². The largest absolute Gasteiger partial charge is 0.497 e. The molecular weight excluding hydrogens is 474 g/mol. The molecule has 3 aromatic carbocycles. The van der Waals surface area contributed by atoms with Crippen LogP contribution in [0.15, 0.2) is 59.6 Å². The number of sulfone groups is 1. The van der Waals surface area contributed by atoms with Crippen molar-refractivity contribution in [3.8, 4) is 5.75 Å². The molecular formula is C26H24F2N2O4S. The van der Waals surface area contributed by atoms with Crippen molar-refractivity contribution in [1.82, 2.24) is 4.98 Å². The smallest absolute Gasteiger partial charge is 0.191 e. The Balaban J connectivity index is 1.86. The van der Waals surface area contributed by atoms with Crippen LogP contribution in [0.1, 0.15) is 33.1 Å². The Bertz CT molecular complexity index is 1560. The molecule has 2 N–H and O–H groups in total. The van der Waals surface area contributed by atoms with E-state index in [1.54, 1.807) is 26.0 Å². The third-order valence-electron chi connectivity index (χ3n) is 5.89. The van der Waals surface area contributed by atoms with Crippen molar-refractivity contribution in [3.05, 3.63) is 88.6 Å². The van der Waals surface area contributed by atoms with Crippen molar-refractivity contribution in [2.45, 2.75) is 24.8 Å². The molecule has 0 aliphatic heterocycles. The Morgan fingerprint density at radius 1 is 1.03 bits per heavy atom. The third kappa shape index (κ3) is 4.90. The Hall–Kier alpha value is -3.72. The molecule has 1 heterocycles. The lowest BCUT2D eigenvalue weighted by Crippen LogP contribution is -2.22. The van der Waals surface area contributed by atoms with Crippen molar-refractivity contribution < 1.29 is 26.7 Å². The van der Waals surface area contributed by atoms with E-state index in [1.807, 2.05) is 0 Å². The topological polar surface area (TPSA) is 88.3 Å². The highest BCUT2D eigenvalue weighted by Gasteiger charge is 2.27. The first-order valence-corrected chi connectivity index (χ1v) is 12.6. The lowest BCUT2D eigenvalue weighted by molar-refractivity contribution is 0.0971. The van der Waals surface area contributed by atoms with Gasteiger partial charge in [-0.1, -0.05) is 6.07 Å². The van der Waals surface area contributed by atoms with Crippen LogP contribution in [0.2, 0.25) is 0 Å². The summed E-state index contributed by atoms with van der Waals surface area (Å²) in [6, 6.07) is 10.3.